The Labute approximate surface area is 89.2 Å². The summed E-state index contributed by atoms with van der Waals surface area (Å²) in [6.07, 6.45) is 8.13. The van der Waals surface area contributed by atoms with Gasteiger partial charge in [-0.25, -0.2) is 0 Å². The summed E-state index contributed by atoms with van der Waals surface area (Å²) in [5.74, 6) is 0.538. The fourth-order valence-corrected chi connectivity index (χ4v) is 2.90. The molecule has 0 aromatic heterocycles. The molecule has 0 unspecified atom stereocenters. The van der Waals surface area contributed by atoms with E-state index in [4.69, 9.17) is 0 Å². The first kappa shape index (κ1) is 12.0. The molecule has 0 saturated heterocycles. The van der Waals surface area contributed by atoms with E-state index in [-0.39, 0.29) is 6.10 Å². The number of aliphatic hydroxyl groups excluding tert-OH is 1. The van der Waals surface area contributed by atoms with Crippen LogP contribution in [0, 0.1) is 5.92 Å². The van der Waals surface area contributed by atoms with Gasteiger partial charge < -0.3 is 5.11 Å². The van der Waals surface area contributed by atoms with Crippen LogP contribution in [0.1, 0.15) is 32.1 Å². The topological polar surface area (TPSA) is 20.2 Å². The zero-order valence-electron chi connectivity index (χ0n) is 9.79. The monoisotopic (exact) mass is 212 g/mol. The van der Waals surface area contributed by atoms with Gasteiger partial charge in [0.1, 0.15) is 0 Å². The maximum absolute atomic E-state index is 9.78. The van der Waals surface area contributed by atoms with Gasteiger partial charge in [-0.15, -0.1) is 0 Å². The highest BCUT2D eigenvalue weighted by atomic mass is 28.3. The van der Waals surface area contributed by atoms with Gasteiger partial charge in [-0.2, -0.15) is 0 Å². The molecule has 0 spiro atoms. The third kappa shape index (κ3) is 4.42. The van der Waals surface area contributed by atoms with Crippen molar-refractivity contribution in [3.63, 3.8) is 0 Å². The molecular weight excluding hydrogens is 188 g/mol. The van der Waals surface area contributed by atoms with Gasteiger partial charge in [0, 0.05) is 0 Å². The van der Waals surface area contributed by atoms with Gasteiger partial charge in [0.25, 0.3) is 0 Å². The maximum Gasteiger partial charge on any atom is 0.0682 e. The highest BCUT2D eigenvalue weighted by molar-refractivity contribution is 6.80. The lowest BCUT2D eigenvalue weighted by Crippen LogP contribution is -2.24. The van der Waals surface area contributed by atoms with Gasteiger partial charge in [0.2, 0.25) is 0 Å². The van der Waals surface area contributed by atoms with Crippen LogP contribution in [0.15, 0.2) is 11.8 Å². The number of allylic oxidation sites excluding steroid dienone is 1. The lowest BCUT2D eigenvalue weighted by molar-refractivity contribution is 0.0714. The quantitative estimate of drug-likeness (QED) is 0.711. The molecule has 1 N–H and O–H groups in total. The first-order valence-corrected chi connectivity index (χ1v) is 9.42. The zero-order chi connectivity index (χ0) is 10.6. The van der Waals surface area contributed by atoms with Crippen molar-refractivity contribution in [1.82, 2.24) is 0 Å². The lowest BCUT2D eigenvalue weighted by Gasteiger charge is -2.26. The summed E-state index contributed by atoms with van der Waals surface area (Å²) in [5, 5.41) is 9.78. The Balaban J connectivity index is 2.33. The number of rotatable bonds is 3. The van der Waals surface area contributed by atoms with Crippen molar-refractivity contribution < 1.29 is 5.11 Å². The van der Waals surface area contributed by atoms with Crippen molar-refractivity contribution in [2.75, 3.05) is 0 Å². The number of hydrogen-bond donors (Lipinski definition) is 1. The second-order valence-corrected chi connectivity index (χ2v) is 10.7. The third-order valence-corrected chi connectivity index (χ3v) is 4.16. The summed E-state index contributed by atoms with van der Waals surface area (Å²) < 4.78 is 0. The molecule has 1 rings (SSSR count). The first-order valence-electron chi connectivity index (χ1n) is 5.85. The average Bonchev–Trinajstić information content (AvgIpc) is 2.06. The molecule has 0 amide bonds. The van der Waals surface area contributed by atoms with E-state index in [1.807, 2.05) is 0 Å². The van der Waals surface area contributed by atoms with E-state index in [1.54, 1.807) is 0 Å². The molecule has 14 heavy (non-hydrogen) atoms. The van der Waals surface area contributed by atoms with Gasteiger partial charge in [0.05, 0.1) is 14.2 Å². The molecule has 0 aromatic rings. The van der Waals surface area contributed by atoms with Crippen LogP contribution in [0.2, 0.25) is 19.6 Å². The van der Waals surface area contributed by atoms with Crippen LogP contribution in [-0.4, -0.2) is 19.3 Å². The molecule has 0 radical (unpaired) electrons. The minimum Gasteiger partial charge on any atom is -0.393 e. The molecular formula is C12H24OSi. The predicted octanol–water partition coefficient (Wildman–Crippen LogP) is 3.36. The van der Waals surface area contributed by atoms with Crippen LogP contribution in [0.4, 0.5) is 0 Å². The molecule has 0 aliphatic heterocycles. The Kier molecular flexibility index (Phi) is 4.39. The van der Waals surface area contributed by atoms with E-state index < -0.39 is 8.07 Å². The smallest absolute Gasteiger partial charge is 0.0682 e. The Hall–Kier alpha value is -0.0831. The van der Waals surface area contributed by atoms with E-state index in [1.165, 1.54) is 19.3 Å². The number of hydrogen-bond acceptors (Lipinski definition) is 1. The van der Waals surface area contributed by atoms with Gasteiger partial charge in [-0.3, -0.25) is 0 Å². The van der Waals surface area contributed by atoms with Crippen LogP contribution in [0.5, 0.6) is 0 Å². The van der Waals surface area contributed by atoms with Gasteiger partial charge in [-0.1, -0.05) is 44.3 Å². The zero-order valence-corrected chi connectivity index (χ0v) is 10.8. The fraction of sp³-hybridized carbons (Fsp3) is 0.833. The Morgan fingerprint density at radius 3 is 2.43 bits per heavy atom. The highest BCUT2D eigenvalue weighted by Gasteiger charge is 2.21. The van der Waals surface area contributed by atoms with Crippen LogP contribution < -0.4 is 0 Å². The molecule has 1 aliphatic carbocycles. The standard InChI is InChI=1S/C12H24OSi/c1-14(2,3)10-6-8-11-7-4-5-9-12(11)13/h6,10-13H,4-5,7-9H2,1-3H3/b10-6+/t11-,12+/m0/s1. The Morgan fingerprint density at radius 2 is 1.86 bits per heavy atom. The summed E-state index contributed by atoms with van der Waals surface area (Å²) >= 11 is 0. The maximum atomic E-state index is 9.78. The molecule has 2 heteroatoms. The molecule has 1 nitrogen and oxygen atoms in total. The summed E-state index contributed by atoms with van der Waals surface area (Å²) in [7, 11) is -1.03. The lowest BCUT2D eigenvalue weighted by atomic mass is 9.84. The second-order valence-electron chi connectivity index (χ2n) is 5.62. The summed E-state index contributed by atoms with van der Waals surface area (Å²) in [6.45, 7) is 7.04. The van der Waals surface area contributed by atoms with Crippen molar-refractivity contribution in [2.45, 2.75) is 57.8 Å². The summed E-state index contributed by atoms with van der Waals surface area (Å²) in [5.41, 5.74) is 2.40. The highest BCUT2D eigenvalue weighted by Crippen LogP contribution is 2.27. The molecule has 0 aromatic carbocycles. The van der Waals surface area contributed by atoms with E-state index >= 15 is 0 Å². The van der Waals surface area contributed by atoms with Crippen molar-refractivity contribution in [2.24, 2.45) is 5.92 Å². The van der Waals surface area contributed by atoms with Gasteiger partial charge >= 0.3 is 0 Å². The molecule has 82 valence electrons. The largest absolute Gasteiger partial charge is 0.393 e. The molecule has 1 saturated carbocycles. The molecule has 0 bridgehead atoms. The van der Waals surface area contributed by atoms with Crippen LogP contribution in [0.3, 0.4) is 0 Å². The van der Waals surface area contributed by atoms with E-state index in [9.17, 15) is 5.11 Å². The van der Waals surface area contributed by atoms with Crippen LogP contribution >= 0.6 is 0 Å². The Morgan fingerprint density at radius 1 is 1.21 bits per heavy atom. The SMILES string of the molecule is C[Si](C)(C)/C=C/C[C@@H]1CCCC[C@H]1O. The third-order valence-electron chi connectivity index (χ3n) is 2.93. The van der Waals surface area contributed by atoms with Gasteiger partial charge in [0.15, 0.2) is 0 Å². The fourth-order valence-electron chi connectivity index (χ4n) is 2.06. The van der Waals surface area contributed by atoms with Crippen molar-refractivity contribution in [1.29, 1.82) is 0 Å². The predicted molar refractivity (Wildman–Crippen MR) is 65.1 cm³/mol. The second kappa shape index (κ2) is 5.13. The van der Waals surface area contributed by atoms with Crippen molar-refractivity contribution >= 4 is 8.07 Å². The molecule has 1 aliphatic rings. The average molecular weight is 212 g/mol. The minimum absolute atomic E-state index is 0.0324. The molecule has 0 heterocycles. The van der Waals surface area contributed by atoms with Crippen molar-refractivity contribution in [3.8, 4) is 0 Å². The molecule has 2 atom stereocenters. The van der Waals surface area contributed by atoms with Crippen LogP contribution in [-0.2, 0) is 0 Å². The van der Waals surface area contributed by atoms with E-state index in [0.29, 0.717) is 5.92 Å². The summed E-state index contributed by atoms with van der Waals surface area (Å²) in [6, 6.07) is 0. The normalized spacial score (nSPS) is 29.7. The Bertz CT molecular complexity index is 193. The number of aliphatic hydroxyl groups is 1. The van der Waals surface area contributed by atoms with Crippen LogP contribution in [0.25, 0.3) is 0 Å². The summed E-state index contributed by atoms with van der Waals surface area (Å²) in [4.78, 5) is 0. The van der Waals surface area contributed by atoms with E-state index in [0.717, 1.165) is 12.8 Å². The van der Waals surface area contributed by atoms with Gasteiger partial charge in [-0.05, 0) is 25.2 Å². The minimum atomic E-state index is -1.03. The molecule has 1 fully saturated rings. The first-order chi connectivity index (χ1) is 6.49. The van der Waals surface area contributed by atoms with E-state index in [2.05, 4.69) is 31.4 Å². The van der Waals surface area contributed by atoms with Crippen molar-refractivity contribution in [3.05, 3.63) is 11.8 Å².